The fraction of sp³-hybridized carbons (Fsp3) is 0.222. The van der Waals surface area contributed by atoms with E-state index >= 15 is 0 Å². The van der Waals surface area contributed by atoms with E-state index in [0.29, 0.717) is 0 Å². The van der Waals surface area contributed by atoms with Gasteiger partial charge in [0.05, 0.1) is 24.2 Å². The van der Waals surface area contributed by atoms with Gasteiger partial charge in [0.15, 0.2) is 0 Å². The summed E-state index contributed by atoms with van der Waals surface area (Å²) < 4.78 is 27.1. The molecule has 0 bridgehead atoms. The van der Waals surface area contributed by atoms with Crippen LogP contribution in [0.5, 0.6) is 5.75 Å². The molecule has 16 heavy (non-hydrogen) atoms. The van der Waals surface area contributed by atoms with Crippen LogP contribution >= 0.6 is 10.7 Å². The van der Waals surface area contributed by atoms with Crippen LogP contribution in [0.1, 0.15) is 11.1 Å². The van der Waals surface area contributed by atoms with Crippen LogP contribution in [0.4, 0.5) is 0 Å². The highest BCUT2D eigenvalue weighted by atomic mass is 35.7. The molecule has 5 nitrogen and oxygen atoms in total. The standard InChI is InChI=1S/C9H8ClNO4S/c1-15-9-3-7(16(10,13)14)2-6(5-12)8(9)4-11/h2-3,12H,5H2,1H3. The van der Waals surface area contributed by atoms with Gasteiger partial charge in [0, 0.05) is 22.3 Å². The molecule has 1 rings (SSSR count). The molecule has 86 valence electrons. The molecule has 0 spiro atoms. The fourth-order valence-corrected chi connectivity index (χ4v) is 2.00. The molecule has 0 heterocycles. The number of nitrogens with zero attached hydrogens (tertiary/aromatic N) is 1. The van der Waals surface area contributed by atoms with Crippen molar-refractivity contribution in [1.82, 2.24) is 0 Å². The van der Waals surface area contributed by atoms with Crippen LogP contribution in [0.25, 0.3) is 0 Å². The van der Waals surface area contributed by atoms with Crippen molar-refractivity contribution in [3.8, 4) is 11.8 Å². The summed E-state index contributed by atoms with van der Waals surface area (Å²) in [4.78, 5) is -0.214. The Morgan fingerprint density at radius 1 is 1.56 bits per heavy atom. The van der Waals surface area contributed by atoms with Gasteiger partial charge >= 0.3 is 0 Å². The molecular formula is C9H8ClNO4S. The topological polar surface area (TPSA) is 87.4 Å². The van der Waals surface area contributed by atoms with Gasteiger partial charge < -0.3 is 9.84 Å². The summed E-state index contributed by atoms with van der Waals surface area (Å²) in [5.74, 6) is 0.0632. The summed E-state index contributed by atoms with van der Waals surface area (Å²) in [6, 6.07) is 4.10. The van der Waals surface area contributed by atoms with Crippen molar-refractivity contribution >= 4 is 19.7 Å². The number of hydrogen-bond donors (Lipinski definition) is 1. The third-order valence-corrected chi connectivity index (χ3v) is 3.27. The minimum atomic E-state index is -3.92. The maximum absolute atomic E-state index is 11.1. The van der Waals surface area contributed by atoms with E-state index in [4.69, 9.17) is 25.8 Å². The minimum Gasteiger partial charge on any atom is -0.495 e. The molecule has 0 aliphatic heterocycles. The maximum atomic E-state index is 11.1. The monoisotopic (exact) mass is 261 g/mol. The van der Waals surface area contributed by atoms with Gasteiger partial charge in [0.25, 0.3) is 9.05 Å². The van der Waals surface area contributed by atoms with E-state index in [1.807, 2.05) is 6.07 Å². The second kappa shape index (κ2) is 4.70. The second-order valence-corrected chi connectivity index (χ2v) is 5.43. The highest BCUT2D eigenvalue weighted by Crippen LogP contribution is 2.28. The van der Waals surface area contributed by atoms with Crippen LogP contribution < -0.4 is 4.74 Å². The van der Waals surface area contributed by atoms with E-state index < -0.39 is 15.7 Å². The summed E-state index contributed by atoms with van der Waals surface area (Å²) in [6.07, 6.45) is 0. The second-order valence-electron chi connectivity index (χ2n) is 2.87. The van der Waals surface area contributed by atoms with Gasteiger partial charge in [-0.2, -0.15) is 5.26 Å². The van der Waals surface area contributed by atoms with Crippen molar-refractivity contribution in [1.29, 1.82) is 5.26 Å². The van der Waals surface area contributed by atoms with Gasteiger partial charge in [0.1, 0.15) is 11.8 Å². The Morgan fingerprint density at radius 2 is 2.19 bits per heavy atom. The van der Waals surface area contributed by atoms with Crippen molar-refractivity contribution in [2.75, 3.05) is 7.11 Å². The number of hydrogen-bond acceptors (Lipinski definition) is 5. The maximum Gasteiger partial charge on any atom is 0.261 e. The molecule has 0 fully saturated rings. The number of methoxy groups -OCH3 is 1. The zero-order chi connectivity index (χ0) is 12.3. The largest absolute Gasteiger partial charge is 0.495 e. The normalized spacial score (nSPS) is 10.9. The molecule has 0 radical (unpaired) electrons. The summed E-state index contributed by atoms with van der Waals surface area (Å²) in [5.41, 5.74) is 0.246. The Balaban J connectivity index is 3.58. The zero-order valence-electron chi connectivity index (χ0n) is 8.27. The minimum absolute atomic E-state index is 0.0632. The number of aliphatic hydroxyl groups excluding tert-OH is 1. The Hall–Kier alpha value is -1.29. The molecule has 0 saturated heterocycles. The van der Waals surface area contributed by atoms with Crippen LogP contribution in [-0.4, -0.2) is 20.6 Å². The fourth-order valence-electron chi connectivity index (χ4n) is 1.20. The SMILES string of the molecule is COc1cc(S(=O)(=O)Cl)cc(CO)c1C#N. The highest BCUT2D eigenvalue weighted by Gasteiger charge is 2.17. The van der Waals surface area contributed by atoms with Gasteiger partial charge in [-0.25, -0.2) is 8.42 Å². The zero-order valence-corrected chi connectivity index (χ0v) is 9.84. The van der Waals surface area contributed by atoms with E-state index in [0.717, 1.165) is 12.1 Å². The van der Waals surface area contributed by atoms with Crippen molar-refractivity contribution in [3.05, 3.63) is 23.3 Å². The van der Waals surface area contributed by atoms with Crippen molar-refractivity contribution < 1.29 is 18.3 Å². The number of halogens is 1. The van der Waals surface area contributed by atoms with Crippen molar-refractivity contribution in [3.63, 3.8) is 0 Å². The van der Waals surface area contributed by atoms with E-state index in [-0.39, 0.29) is 21.8 Å². The lowest BCUT2D eigenvalue weighted by Gasteiger charge is -2.08. The van der Waals surface area contributed by atoms with Crippen LogP contribution in [0.2, 0.25) is 0 Å². The quantitative estimate of drug-likeness (QED) is 0.820. The number of benzene rings is 1. The predicted octanol–water partition coefficient (Wildman–Crippen LogP) is 0.987. The first-order valence-corrected chi connectivity index (χ1v) is 6.41. The summed E-state index contributed by atoms with van der Waals surface area (Å²) in [5, 5.41) is 17.8. The van der Waals surface area contributed by atoms with Gasteiger partial charge in [-0.1, -0.05) is 0 Å². The molecule has 1 N–H and O–H groups in total. The van der Waals surface area contributed by atoms with Crippen LogP contribution in [-0.2, 0) is 15.7 Å². The van der Waals surface area contributed by atoms with Crippen molar-refractivity contribution in [2.45, 2.75) is 11.5 Å². The number of rotatable bonds is 3. The lowest BCUT2D eigenvalue weighted by atomic mass is 10.1. The molecule has 7 heteroatoms. The van der Waals surface area contributed by atoms with Crippen LogP contribution in [0, 0.1) is 11.3 Å². The third-order valence-electron chi connectivity index (χ3n) is 1.94. The Bertz CT molecular complexity index is 522. The molecule has 0 unspecified atom stereocenters. The van der Waals surface area contributed by atoms with Gasteiger partial charge in [-0.05, 0) is 6.07 Å². The van der Waals surface area contributed by atoms with Gasteiger partial charge in [-0.15, -0.1) is 0 Å². The Labute approximate surface area is 97.3 Å². The molecule has 0 amide bonds. The van der Waals surface area contributed by atoms with E-state index in [9.17, 15) is 8.42 Å². The molecule has 1 aromatic rings. The summed E-state index contributed by atoms with van der Waals surface area (Å²) in [7, 11) is 2.54. The average molecular weight is 262 g/mol. The Kier molecular flexibility index (Phi) is 3.75. The van der Waals surface area contributed by atoms with Gasteiger partial charge in [-0.3, -0.25) is 0 Å². The summed E-state index contributed by atoms with van der Waals surface area (Å²) in [6.45, 7) is -0.473. The lowest BCUT2D eigenvalue weighted by Crippen LogP contribution is -2.00. The number of ether oxygens (including phenoxy) is 1. The molecular weight excluding hydrogens is 254 g/mol. The molecule has 0 aromatic heterocycles. The predicted molar refractivity (Wildman–Crippen MR) is 56.7 cm³/mol. The average Bonchev–Trinajstić information content (AvgIpc) is 2.25. The summed E-state index contributed by atoms with van der Waals surface area (Å²) >= 11 is 0. The van der Waals surface area contributed by atoms with E-state index in [1.165, 1.54) is 7.11 Å². The lowest BCUT2D eigenvalue weighted by molar-refractivity contribution is 0.280. The van der Waals surface area contributed by atoms with Gasteiger partial charge in [0.2, 0.25) is 0 Å². The first-order chi connectivity index (χ1) is 7.43. The third kappa shape index (κ3) is 2.44. The highest BCUT2D eigenvalue weighted by molar-refractivity contribution is 8.13. The smallest absolute Gasteiger partial charge is 0.261 e. The van der Waals surface area contributed by atoms with Crippen LogP contribution in [0.15, 0.2) is 17.0 Å². The van der Waals surface area contributed by atoms with E-state index in [2.05, 4.69) is 0 Å². The number of aliphatic hydroxyl groups is 1. The van der Waals surface area contributed by atoms with Crippen molar-refractivity contribution in [2.24, 2.45) is 0 Å². The molecule has 0 saturated carbocycles. The number of nitriles is 1. The molecule has 0 aliphatic carbocycles. The molecule has 1 aromatic carbocycles. The molecule has 0 atom stereocenters. The van der Waals surface area contributed by atoms with Crippen LogP contribution in [0.3, 0.4) is 0 Å². The molecule has 0 aliphatic rings. The Morgan fingerprint density at radius 3 is 2.56 bits per heavy atom. The van der Waals surface area contributed by atoms with E-state index in [1.54, 1.807) is 0 Å². The first kappa shape index (κ1) is 12.8. The first-order valence-electron chi connectivity index (χ1n) is 4.10.